The molecular formula is C15H17ClF2N2O2. The van der Waals surface area contributed by atoms with E-state index in [1.165, 1.54) is 18.2 Å². The summed E-state index contributed by atoms with van der Waals surface area (Å²) in [5.41, 5.74) is 6.13. The molecule has 4 nitrogen and oxygen atoms in total. The Kier molecular flexibility index (Phi) is 4.23. The van der Waals surface area contributed by atoms with Crippen molar-refractivity contribution in [3.05, 3.63) is 28.8 Å². The van der Waals surface area contributed by atoms with E-state index in [-0.39, 0.29) is 23.3 Å². The summed E-state index contributed by atoms with van der Waals surface area (Å²) in [5.74, 6) is 0.214. The molecule has 2 fully saturated rings. The zero-order chi connectivity index (χ0) is 15.9. The van der Waals surface area contributed by atoms with Crippen LogP contribution >= 0.6 is 11.6 Å². The van der Waals surface area contributed by atoms with Crippen LogP contribution < -0.4 is 10.5 Å². The number of hydrogen-bond acceptors (Lipinski definition) is 3. The molecule has 3 atom stereocenters. The highest BCUT2D eigenvalue weighted by atomic mass is 35.5. The summed E-state index contributed by atoms with van der Waals surface area (Å²) in [6, 6.07) is 4.20. The number of nitrogens with two attached hydrogens (primary N) is 1. The quantitative estimate of drug-likeness (QED) is 0.927. The van der Waals surface area contributed by atoms with Gasteiger partial charge in [-0.2, -0.15) is 8.78 Å². The molecule has 1 aliphatic heterocycles. The van der Waals surface area contributed by atoms with Gasteiger partial charge in [0.25, 0.3) is 5.91 Å². The second kappa shape index (κ2) is 6.01. The van der Waals surface area contributed by atoms with Crippen LogP contribution in [0.1, 0.15) is 23.2 Å². The van der Waals surface area contributed by atoms with Gasteiger partial charge in [0.1, 0.15) is 5.75 Å². The van der Waals surface area contributed by atoms with Crippen molar-refractivity contribution in [2.24, 2.45) is 17.6 Å². The van der Waals surface area contributed by atoms with E-state index in [0.29, 0.717) is 29.9 Å². The van der Waals surface area contributed by atoms with Crippen molar-refractivity contribution in [3.8, 4) is 5.75 Å². The van der Waals surface area contributed by atoms with Gasteiger partial charge < -0.3 is 15.4 Å². The second-order valence-corrected chi connectivity index (χ2v) is 6.33. The number of carbonyl (C=O) groups excluding carboxylic acids is 1. The first-order valence-corrected chi connectivity index (χ1v) is 7.62. The number of benzene rings is 1. The third-order valence-corrected chi connectivity index (χ3v) is 4.82. The van der Waals surface area contributed by atoms with Crippen molar-refractivity contribution < 1.29 is 18.3 Å². The van der Waals surface area contributed by atoms with Crippen molar-refractivity contribution in [2.75, 3.05) is 13.1 Å². The fourth-order valence-electron chi connectivity index (χ4n) is 3.51. The van der Waals surface area contributed by atoms with Crippen LogP contribution in [0.5, 0.6) is 5.75 Å². The summed E-state index contributed by atoms with van der Waals surface area (Å²) >= 11 is 5.89. The molecule has 1 heterocycles. The van der Waals surface area contributed by atoms with Crippen LogP contribution in [0.25, 0.3) is 0 Å². The van der Waals surface area contributed by atoms with E-state index in [1.54, 1.807) is 4.90 Å². The van der Waals surface area contributed by atoms with E-state index in [9.17, 15) is 13.6 Å². The molecule has 1 saturated heterocycles. The lowest BCUT2D eigenvalue weighted by Crippen LogP contribution is -2.33. The molecule has 2 N–H and O–H groups in total. The van der Waals surface area contributed by atoms with Gasteiger partial charge in [0.2, 0.25) is 0 Å². The lowest BCUT2D eigenvalue weighted by molar-refractivity contribution is -0.0502. The van der Waals surface area contributed by atoms with Gasteiger partial charge in [0.15, 0.2) is 0 Å². The van der Waals surface area contributed by atoms with Crippen LogP contribution in [0.2, 0.25) is 5.02 Å². The molecule has 3 rings (SSSR count). The number of ether oxygens (including phenoxy) is 1. The Bertz CT molecular complexity index is 585. The maximum atomic E-state index is 12.6. The molecule has 1 amide bonds. The number of alkyl halides is 2. The van der Waals surface area contributed by atoms with E-state index in [0.717, 1.165) is 12.8 Å². The van der Waals surface area contributed by atoms with Gasteiger partial charge in [0.05, 0.1) is 5.56 Å². The predicted molar refractivity (Wildman–Crippen MR) is 78.2 cm³/mol. The first-order chi connectivity index (χ1) is 10.5. The number of nitrogens with zero attached hydrogens (tertiary/aromatic N) is 1. The topological polar surface area (TPSA) is 55.6 Å². The number of carbonyl (C=O) groups is 1. The van der Waals surface area contributed by atoms with E-state index in [4.69, 9.17) is 17.3 Å². The first kappa shape index (κ1) is 15.5. The summed E-state index contributed by atoms with van der Waals surface area (Å²) in [5, 5.41) is 0.307. The zero-order valence-electron chi connectivity index (χ0n) is 11.8. The molecular weight excluding hydrogens is 314 g/mol. The molecule has 1 saturated carbocycles. The van der Waals surface area contributed by atoms with Crippen LogP contribution in [0.15, 0.2) is 18.2 Å². The maximum absolute atomic E-state index is 12.6. The molecule has 0 aromatic heterocycles. The minimum Gasteiger partial charge on any atom is -0.434 e. The van der Waals surface area contributed by atoms with Gasteiger partial charge in [0, 0.05) is 24.2 Å². The van der Waals surface area contributed by atoms with Gasteiger partial charge in [-0.25, -0.2) is 0 Å². The molecule has 1 aromatic carbocycles. The van der Waals surface area contributed by atoms with Crippen molar-refractivity contribution in [1.29, 1.82) is 0 Å². The minimum atomic E-state index is -2.99. The van der Waals surface area contributed by atoms with Gasteiger partial charge in [-0.3, -0.25) is 4.79 Å². The Balaban J connectivity index is 1.82. The van der Waals surface area contributed by atoms with E-state index in [1.807, 2.05) is 0 Å². The molecule has 22 heavy (non-hydrogen) atoms. The van der Waals surface area contributed by atoms with Gasteiger partial charge in [-0.05, 0) is 42.9 Å². The third-order valence-electron chi connectivity index (χ3n) is 4.59. The Labute approximate surface area is 132 Å². The molecule has 0 radical (unpaired) electrons. The number of likely N-dealkylation sites (tertiary alicyclic amines) is 1. The van der Waals surface area contributed by atoms with Crippen molar-refractivity contribution >= 4 is 17.5 Å². The normalized spacial score (nSPS) is 27.3. The van der Waals surface area contributed by atoms with E-state index < -0.39 is 6.61 Å². The summed E-state index contributed by atoms with van der Waals surface area (Å²) < 4.78 is 29.4. The van der Waals surface area contributed by atoms with Crippen LogP contribution in [0.3, 0.4) is 0 Å². The average Bonchev–Trinajstić information content (AvgIpc) is 3.02. The molecule has 1 aliphatic carbocycles. The zero-order valence-corrected chi connectivity index (χ0v) is 12.6. The first-order valence-electron chi connectivity index (χ1n) is 7.25. The van der Waals surface area contributed by atoms with Gasteiger partial charge in [-0.15, -0.1) is 0 Å². The monoisotopic (exact) mass is 330 g/mol. The van der Waals surface area contributed by atoms with Crippen molar-refractivity contribution in [2.45, 2.75) is 25.5 Å². The third kappa shape index (κ3) is 2.90. The molecule has 1 aromatic rings. The van der Waals surface area contributed by atoms with E-state index >= 15 is 0 Å². The summed E-state index contributed by atoms with van der Waals surface area (Å²) in [6.45, 7) is -1.82. The largest absolute Gasteiger partial charge is 0.434 e. The summed E-state index contributed by atoms with van der Waals surface area (Å²) in [7, 11) is 0. The molecule has 0 spiro atoms. The standard InChI is InChI=1S/C15H17ClF2N2O2/c16-9-2-4-13(22-15(17)18)10(5-9)14(21)20-6-8-1-3-12(19)11(8)7-20/h2,4-5,8,11-12,15H,1,3,6-7,19H2. The Hall–Kier alpha value is -1.40. The average molecular weight is 331 g/mol. The fraction of sp³-hybridized carbons (Fsp3) is 0.533. The van der Waals surface area contributed by atoms with Crippen molar-refractivity contribution in [3.63, 3.8) is 0 Å². The molecule has 2 aliphatic rings. The summed E-state index contributed by atoms with van der Waals surface area (Å²) in [4.78, 5) is 14.3. The lowest BCUT2D eigenvalue weighted by Gasteiger charge is -2.20. The number of amides is 1. The second-order valence-electron chi connectivity index (χ2n) is 5.89. The van der Waals surface area contributed by atoms with Crippen LogP contribution in [-0.4, -0.2) is 36.5 Å². The number of halogens is 3. The predicted octanol–water partition coefficient (Wildman–Crippen LogP) is 2.75. The number of rotatable bonds is 3. The van der Waals surface area contributed by atoms with Crippen LogP contribution in [0, 0.1) is 11.8 Å². The number of hydrogen-bond donors (Lipinski definition) is 1. The Morgan fingerprint density at radius 3 is 2.82 bits per heavy atom. The fourth-order valence-corrected chi connectivity index (χ4v) is 3.68. The van der Waals surface area contributed by atoms with Crippen LogP contribution in [0.4, 0.5) is 8.78 Å². The van der Waals surface area contributed by atoms with Crippen LogP contribution in [-0.2, 0) is 0 Å². The lowest BCUT2D eigenvalue weighted by atomic mass is 9.98. The summed E-state index contributed by atoms with van der Waals surface area (Å²) in [6.07, 6.45) is 1.99. The van der Waals surface area contributed by atoms with Crippen molar-refractivity contribution in [1.82, 2.24) is 4.90 Å². The van der Waals surface area contributed by atoms with Gasteiger partial charge >= 0.3 is 6.61 Å². The molecule has 120 valence electrons. The Morgan fingerprint density at radius 2 is 2.14 bits per heavy atom. The highest BCUT2D eigenvalue weighted by molar-refractivity contribution is 6.31. The molecule has 7 heteroatoms. The maximum Gasteiger partial charge on any atom is 0.387 e. The molecule has 3 unspecified atom stereocenters. The highest BCUT2D eigenvalue weighted by Crippen LogP contribution is 2.38. The van der Waals surface area contributed by atoms with Gasteiger partial charge in [-0.1, -0.05) is 11.6 Å². The smallest absolute Gasteiger partial charge is 0.387 e. The SMILES string of the molecule is NC1CCC2CN(C(=O)c3cc(Cl)ccc3OC(F)F)CC12. The van der Waals surface area contributed by atoms with E-state index in [2.05, 4.69) is 4.74 Å². The highest BCUT2D eigenvalue weighted by Gasteiger charge is 2.43. The Morgan fingerprint density at radius 1 is 1.36 bits per heavy atom. The minimum absolute atomic E-state index is 0.0707. The molecule has 0 bridgehead atoms. The number of fused-ring (bicyclic) bond motifs is 1.